The number of nitrogens with one attached hydrogen (secondary N) is 2. The zero-order valence-corrected chi connectivity index (χ0v) is 17.4. The van der Waals surface area contributed by atoms with Gasteiger partial charge in [-0.3, -0.25) is 4.79 Å². The third-order valence-electron chi connectivity index (χ3n) is 4.37. The standard InChI is InChI=1S/C19H28FN3O5S/c1-23(2)11-3-10-21-19(25)12-15-6-9-17(18(13-24)28-15)22-29(26,27)16-7-4-14(20)5-8-16/h4-9,15,17-18,22,24H,3,10-13H2,1-2H3,(H,21,25)/t15-,17-,18-/m0/s1. The summed E-state index contributed by atoms with van der Waals surface area (Å²) in [4.78, 5) is 14.0. The molecule has 0 spiro atoms. The molecule has 10 heteroatoms. The van der Waals surface area contributed by atoms with Crippen LogP contribution in [0.25, 0.3) is 0 Å². The first-order chi connectivity index (χ1) is 13.7. The van der Waals surface area contributed by atoms with Gasteiger partial charge in [-0.25, -0.2) is 17.5 Å². The monoisotopic (exact) mass is 429 g/mol. The van der Waals surface area contributed by atoms with Crippen molar-refractivity contribution in [3.63, 3.8) is 0 Å². The molecule has 3 N–H and O–H groups in total. The molecule has 0 bridgehead atoms. The van der Waals surface area contributed by atoms with Gasteiger partial charge >= 0.3 is 0 Å². The van der Waals surface area contributed by atoms with E-state index in [0.29, 0.717) is 6.54 Å². The Kier molecular flexibility index (Phi) is 8.72. The molecule has 0 radical (unpaired) electrons. The van der Waals surface area contributed by atoms with Crippen LogP contribution in [0.3, 0.4) is 0 Å². The summed E-state index contributed by atoms with van der Waals surface area (Å²) in [5, 5.41) is 12.4. The topological polar surface area (TPSA) is 108 Å². The lowest BCUT2D eigenvalue weighted by Gasteiger charge is -2.31. The molecule has 1 heterocycles. The van der Waals surface area contributed by atoms with E-state index in [1.807, 2.05) is 19.0 Å². The highest BCUT2D eigenvalue weighted by Gasteiger charge is 2.31. The van der Waals surface area contributed by atoms with Gasteiger partial charge in [0.2, 0.25) is 15.9 Å². The van der Waals surface area contributed by atoms with Crippen LogP contribution in [-0.4, -0.2) is 76.4 Å². The minimum atomic E-state index is -3.92. The Morgan fingerprint density at radius 2 is 1.93 bits per heavy atom. The van der Waals surface area contributed by atoms with Crippen LogP contribution in [-0.2, 0) is 19.6 Å². The Balaban J connectivity index is 1.92. The van der Waals surface area contributed by atoms with Gasteiger partial charge in [-0.1, -0.05) is 12.2 Å². The fourth-order valence-electron chi connectivity index (χ4n) is 2.85. The number of hydrogen-bond acceptors (Lipinski definition) is 6. The van der Waals surface area contributed by atoms with E-state index in [-0.39, 0.29) is 17.2 Å². The van der Waals surface area contributed by atoms with Crippen LogP contribution in [0.1, 0.15) is 12.8 Å². The van der Waals surface area contributed by atoms with Crippen molar-refractivity contribution in [2.75, 3.05) is 33.8 Å². The largest absolute Gasteiger partial charge is 0.394 e. The number of nitrogens with zero attached hydrogens (tertiary/aromatic N) is 1. The van der Waals surface area contributed by atoms with Crippen LogP contribution < -0.4 is 10.0 Å². The van der Waals surface area contributed by atoms with E-state index in [4.69, 9.17) is 4.74 Å². The van der Waals surface area contributed by atoms with Gasteiger partial charge in [0, 0.05) is 6.54 Å². The third-order valence-corrected chi connectivity index (χ3v) is 5.84. The molecule has 1 aliphatic rings. The maximum Gasteiger partial charge on any atom is 0.241 e. The van der Waals surface area contributed by atoms with E-state index in [9.17, 15) is 22.7 Å². The summed E-state index contributed by atoms with van der Waals surface area (Å²) >= 11 is 0. The number of ether oxygens (including phenoxy) is 1. The number of aliphatic hydroxyl groups excluding tert-OH is 1. The highest BCUT2D eigenvalue weighted by molar-refractivity contribution is 7.89. The second kappa shape index (κ2) is 10.8. The first kappa shape index (κ1) is 23.4. The molecule has 3 atom stereocenters. The van der Waals surface area contributed by atoms with Gasteiger partial charge in [0.05, 0.1) is 30.1 Å². The van der Waals surface area contributed by atoms with E-state index in [1.54, 1.807) is 12.2 Å². The first-order valence-corrected chi connectivity index (χ1v) is 10.8. The number of sulfonamides is 1. The Morgan fingerprint density at radius 3 is 2.55 bits per heavy atom. The molecule has 0 saturated heterocycles. The quantitative estimate of drug-likeness (QED) is 0.363. The van der Waals surface area contributed by atoms with E-state index in [1.165, 1.54) is 0 Å². The average molecular weight is 430 g/mol. The third kappa shape index (κ3) is 7.48. The smallest absolute Gasteiger partial charge is 0.241 e. The Bertz CT molecular complexity index is 799. The fourth-order valence-corrected chi connectivity index (χ4v) is 4.07. The molecule has 8 nitrogen and oxygen atoms in total. The molecule has 29 heavy (non-hydrogen) atoms. The number of aliphatic hydroxyl groups is 1. The van der Waals surface area contributed by atoms with Crippen LogP contribution in [0.5, 0.6) is 0 Å². The maximum absolute atomic E-state index is 13.0. The molecule has 1 amide bonds. The van der Waals surface area contributed by atoms with E-state index in [2.05, 4.69) is 10.0 Å². The predicted molar refractivity (Wildman–Crippen MR) is 106 cm³/mol. The molecule has 1 aliphatic heterocycles. The molecule has 0 fully saturated rings. The minimum absolute atomic E-state index is 0.0758. The van der Waals surface area contributed by atoms with Crippen molar-refractivity contribution < 1.29 is 27.4 Å². The van der Waals surface area contributed by atoms with Crippen molar-refractivity contribution in [3.8, 4) is 0 Å². The first-order valence-electron chi connectivity index (χ1n) is 9.35. The minimum Gasteiger partial charge on any atom is -0.394 e. The summed E-state index contributed by atoms with van der Waals surface area (Å²) < 4.78 is 46.0. The van der Waals surface area contributed by atoms with Crippen LogP contribution in [0.15, 0.2) is 41.3 Å². The molecular formula is C19H28FN3O5S. The number of halogens is 1. The van der Waals surface area contributed by atoms with Crippen LogP contribution in [0.2, 0.25) is 0 Å². The van der Waals surface area contributed by atoms with E-state index >= 15 is 0 Å². The van der Waals surface area contributed by atoms with Gasteiger partial charge in [-0.15, -0.1) is 0 Å². The fraction of sp³-hybridized carbons (Fsp3) is 0.526. The normalized spacial score (nSPS) is 22.0. The summed E-state index contributed by atoms with van der Waals surface area (Å²) in [6.07, 6.45) is 2.66. The number of carbonyl (C=O) groups excluding carboxylic acids is 1. The van der Waals surface area contributed by atoms with Gasteiger partial charge in [0.25, 0.3) is 0 Å². The SMILES string of the molecule is CN(C)CCCNC(=O)C[C@@H]1C=C[C@H](NS(=O)(=O)c2ccc(F)cc2)[C@H](CO)O1. The van der Waals surface area contributed by atoms with Crippen LogP contribution in [0.4, 0.5) is 4.39 Å². The zero-order valence-electron chi connectivity index (χ0n) is 16.5. The van der Waals surface area contributed by atoms with E-state index < -0.39 is 40.7 Å². The number of hydrogen-bond donors (Lipinski definition) is 3. The van der Waals surface area contributed by atoms with Crippen LogP contribution in [0, 0.1) is 5.82 Å². The molecule has 2 rings (SSSR count). The molecule has 0 aromatic heterocycles. The van der Waals surface area contributed by atoms with Crippen molar-refractivity contribution in [1.29, 1.82) is 0 Å². The number of benzene rings is 1. The molecule has 0 unspecified atom stereocenters. The van der Waals surface area contributed by atoms with Crippen molar-refractivity contribution in [2.24, 2.45) is 0 Å². The Morgan fingerprint density at radius 1 is 1.24 bits per heavy atom. The number of carbonyl (C=O) groups is 1. The zero-order chi connectivity index (χ0) is 21.4. The number of rotatable bonds is 10. The summed E-state index contributed by atoms with van der Waals surface area (Å²) in [5.41, 5.74) is 0. The van der Waals surface area contributed by atoms with Gasteiger partial charge in [-0.2, -0.15) is 0 Å². The van der Waals surface area contributed by atoms with Gasteiger partial charge in [0.1, 0.15) is 11.9 Å². The number of amides is 1. The molecular weight excluding hydrogens is 401 g/mol. The van der Waals surface area contributed by atoms with Crippen molar-refractivity contribution in [1.82, 2.24) is 14.9 Å². The van der Waals surface area contributed by atoms with Crippen LogP contribution >= 0.6 is 0 Å². The summed E-state index contributed by atoms with van der Waals surface area (Å²) in [5.74, 6) is -0.721. The van der Waals surface area contributed by atoms with Gasteiger partial charge in [0.15, 0.2) is 0 Å². The summed E-state index contributed by atoms with van der Waals surface area (Å²) in [6, 6.07) is 3.61. The Hall–Kier alpha value is -1.85. The van der Waals surface area contributed by atoms with Crippen molar-refractivity contribution in [2.45, 2.75) is 36.0 Å². The lowest BCUT2D eigenvalue weighted by Crippen LogP contribution is -2.49. The molecule has 0 aliphatic carbocycles. The van der Waals surface area contributed by atoms with Gasteiger partial charge < -0.3 is 20.1 Å². The summed E-state index contributed by atoms with van der Waals surface area (Å²) in [6.45, 7) is 0.988. The molecule has 1 aromatic rings. The molecule has 162 valence electrons. The van der Waals surface area contributed by atoms with E-state index in [0.717, 1.165) is 37.2 Å². The highest BCUT2D eigenvalue weighted by Crippen LogP contribution is 2.18. The Labute approximate surface area is 170 Å². The summed E-state index contributed by atoms with van der Waals surface area (Å²) in [7, 11) is -0.0113. The second-order valence-electron chi connectivity index (χ2n) is 7.09. The second-order valence-corrected chi connectivity index (χ2v) is 8.81. The van der Waals surface area contributed by atoms with Crippen molar-refractivity contribution in [3.05, 3.63) is 42.2 Å². The average Bonchev–Trinajstić information content (AvgIpc) is 2.66. The van der Waals surface area contributed by atoms with Crippen molar-refractivity contribution >= 4 is 15.9 Å². The molecule has 0 saturated carbocycles. The lowest BCUT2D eigenvalue weighted by atomic mass is 10.1. The lowest BCUT2D eigenvalue weighted by molar-refractivity contribution is -0.125. The predicted octanol–water partition coefficient (Wildman–Crippen LogP) is 0.247. The maximum atomic E-state index is 13.0. The molecule has 1 aromatic carbocycles. The highest BCUT2D eigenvalue weighted by atomic mass is 32.2. The van der Waals surface area contributed by atoms with Gasteiger partial charge in [-0.05, 0) is 51.3 Å².